The van der Waals surface area contributed by atoms with Crippen molar-refractivity contribution in [1.82, 2.24) is 5.32 Å². The molecule has 0 aliphatic heterocycles. The average Bonchev–Trinajstić information content (AvgIpc) is 2.50. The highest BCUT2D eigenvalue weighted by Gasteiger charge is 2.22. The number of nitrogens with one attached hydrogen (secondary N) is 1. The zero-order valence-corrected chi connectivity index (χ0v) is 13.7. The quantitative estimate of drug-likeness (QED) is 0.220. The normalized spacial score (nSPS) is 11.3. The molecule has 0 aliphatic rings. The Morgan fingerprint density at radius 2 is 1.83 bits per heavy atom. The van der Waals surface area contributed by atoms with E-state index in [1.165, 1.54) is 0 Å². The Morgan fingerprint density at radius 3 is 2.43 bits per heavy atom. The van der Waals surface area contributed by atoms with Crippen LogP contribution in [0.5, 0.6) is 0 Å². The maximum absolute atomic E-state index is 11.8. The van der Waals surface area contributed by atoms with E-state index in [4.69, 9.17) is 10.6 Å². The first-order valence-electron chi connectivity index (χ1n) is 8.06. The van der Waals surface area contributed by atoms with Crippen molar-refractivity contribution in [2.24, 2.45) is 5.11 Å². The van der Waals surface area contributed by atoms with Gasteiger partial charge in [-0.25, -0.2) is 4.79 Å². The third-order valence-corrected chi connectivity index (χ3v) is 3.35. The molecule has 0 unspecified atom stereocenters. The van der Waals surface area contributed by atoms with Crippen molar-refractivity contribution in [2.45, 2.75) is 70.8 Å². The monoisotopic (exact) mass is 326 g/mol. The Balaban J connectivity index is 4.09. The average molecular weight is 326 g/mol. The number of hydrogen-bond donors (Lipinski definition) is 2. The lowest BCUT2D eigenvalue weighted by molar-refractivity contribution is -0.143. The van der Waals surface area contributed by atoms with Gasteiger partial charge in [-0.05, 0) is 24.8 Å². The van der Waals surface area contributed by atoms with Gasteiger partial charge in [0, 0.05) is 30.7 Å². The summed E-state index contributed by atoms with van der Waals surface area (Å²) in [6.07, 6.45) is 5.23. The molecule has 1 amide bonds. The van der Waals surface area contributed by atoms with E-state index in [0.717, 1.165) is 25.7 Å². The summed E-state index contributed by atoms with van der Waals surface area (Å²) >= 11 is 0. The van der Waals surface area contributed by atoms with Gasteiger partial charge in [-0.1, -0.05) is 31.3 Å². The highest BCUT2D eigenvalue weighted by Crippen LogP contribution is 2.07. The van der Waals surface area contributed by atoms with Crippen molar-refractivity contribution in [3.63, 3.8) is 0 Å². The van der Waals surface area contributed by atoms with Gasteiger partial charge in [0.1, 0.15) is 11.8 Å². The fourth-order valence-corrected chi connectivity index (χ4v) is 2.06. The topological polar surface area (TPSA) is 132 Å². The Bertz CT molecular complexity index is 433. The van der Waals surface area contributed by atoms with Crippen LogP contribution in [-0.2, 0) is 14.4 Å². The summed E-state index contributed by atoms with van der Waals surface area (Å²) < 4.78 is 0. The number of aliphatic carboxylic acids is 1. The second-order valence-electron chi connectivity index (χ2n) is 5.42. The molecule has 8 heteroatoms. The van der Waals surface area contributed by atoms with E-state index in [2.05, 4.69) is 22.3 Å². The molecule has 0 aromatic heterocycles. The largest absolute Gasteiger partial charge is 0.480 e. The number of ketones is 1. The van der Waals surface area contributed by atoms with Crippen LogP contribution in [0.4, 0.5) is 0 Å². The first kappa shape index (κ1) is 20.9. The van der Waals surface area contributed by atoms with Crippen LogP contribution in [0.25, 0.3) is 10.4 Å². The third-order valence-electron chi connectivity index (χ3n) is 3.35. The second kappa shape index (κ2) is 13.6. The zero-order chi connectivity index (χ0) is 17.5. The summed E-state index contributed by atoms with van der Waals surface area (Å²) in [7, 11) is 0. The molecule has 130 valence electrons. The summed E-state index contributed by atoms with van der Waals surface area (Å²) in [4.78, 5) is 37.2. The van der Waals surface area contributed by atoms with Crippen LogP contribution in [0.15, 0.2) is 5.11 Å². The van der Waals surface area contributed by atoms with Crippen molar-refractivity contribution in [2.75, 3.05) is 6.54 Å². The van der Waals surface area contributed by atoms with Gasteiger partial charge in [-0.15, -0.1) is 0 Å². The molecule has 0 fully saturated rings. The minimum Gasteiger partial charge on any atom is -0.480 e. The maximum Gasteiger partial charge on any atom is 0.326 e. The lowest BCUT2D eigenvalue weighted by Gasteiger charge is -2.13. The van der Waals surface area contributed by atoms with Crippen LogP contribution in [-0.4, -0.2) is 35.4 Å². The Labute approximate surface area is 136 Å². The Morgan fingerprint density at radius 1 is 1.13 bits per heavy atom. The summed E-state index contributed by atoms with van der Waals surface area (Å²) in [5, 5.41) is 14.8. The summed E-state index contributed by atoms with van der Waals surface area (Å²) in [5.41, 5.74) is 8.11. The van der Waals surface area contributed by atoms with Gasteiger partial charge in [-0.3, -0.25) is 9.59 Å². The number of hydrogen-bond acceptors (Lipinski definition) is 4. The Hall–Kier alpha value is -2.08. The van der Waals surface area contributed by atoms with Crippen LogP contribution in [0.2, 0.25) is 0 Å². The highest BCUT2D eigenvalue weighted by atomic mass is 16.4. The van der Waals surface area contributed by atoms with Crippen LogP contribution in [0.3, 0.4) is 0 Å². The van der Waals surface area contributed by atoms with E-state index in [9.17, 15) is 14.4 Å². The lowest BCUT2D eigenvalue weighted by atomic mass is 10.0. The number of carboxylic acids is 1. The van der Waals surface area contributed by atoms with E-state index in [1.807, 2.05) is 0 Å². The van der Waals surface area contributed by atoms with Crippen molar-refractivity contribution in [1.29, 1.82) is 0 Å². The number of azide groups is 1. The van der Waals surface area contributed by atoms with Gasteiger partial charge in [0.25, 0.3) is 0 Å². The molecular formula is C15H26N4O4. The molecule has 0 saturated heterocycles. The third kappa shape index (κ3) is 12.2. The van der Waals surface area contributed by atoms with E-state index in [-0.39, 0.29) is 18.6 Å². The second-order valence-corrected chi connectivity index (χ2v) is 5.42. The molecule has 0 aromatic carbocycles. The predicted octanol–water partition coefficient (Wildman–Crippen LogP) is 2.97. The number of Topliss-reactive ketones (excluding diaryl/α,β-unsaturated/α-hetero) is 1. The molecule has 0 heterocycles. The standard InChI is InChI=1S/C15H26N4O4/c1-2-3-4-5-8-12(20)11-13(15(22)23)18-14(21)9-6-7-10-17-19-16/h13H,2-11H2,1H3,(H,18,21)(H,22,23)/t13-/m0/s1. The molecular weight excluding hydrogens is 300 g/mol. The number of rotatable bonds is 14. The summed E-state index contributed by atoms with van der Waals surface area (Å²) in [5.74, 6) is -1.75. The molecule has 0 aromatic rings. The van der Waals surface area contributed by atoms with Gasteiger partial charge in [0.2, 0.25) is 5.91 Å². The molecule has 0 radical (unpaired) electrons. The molecule has 1 atom stereocenters. The first-order chi connectivity index (χ1) is 11.0. The number of amides is 1. The molecule has 0 bridgehead atoms. The smallest absolute Gasteiger partial charge is 0.326 e. The molecule has 0 spiro atoms. The van der Waals surface area contributed by atoms with Crippen LogP contribution < -0.4 is 5.32 Å². The number of carbonyl (C=O) groups excluding carboxylic acids is 2. The van der Waals surface area contributed by atoms with Crippen LogP contribution in [0.1, 0.15) is 64.7 Å². The zero-order valence-electron chi connectivity index (χ0n) is 13.7. The number of carbonyl (C=O) groups is 3. The Kier molecular flexibility index (Phi) is 12.3. The van der Waals surface area contributed by atoms with Crippen LogP contribution >= 0.6 is 0 Å². The molecule has 23 heavy (non-hydrogen) atoms. The van der Waals surface area contributed by atoms with Crippen LogP contribution in [0, 0.1) is 0 Å². The number of carboxylic acid groups (broad SMARTS) is 1. The first-order valence-corrected chi connectivity index (χ1v) is 8.06. The van der Waals surface area contributed by atoms with Gasteiger partial charge in [-0.2, -0.15) is 0 Å². The van der Waals surface area contributed by atoms with Crippen molar-refractivity contribution in [3.8, 4) is 0 Å². The fraction of sp³-hybridized carbons (Fsp3) is 0.800. The molecule has 2 N–H and O–H groups in total. The van der Waals surface area contributed by atoms with E-state index in [1.54, 1.807) is 0 Å². The van der Waals surface area contributed by atoms with E-state index in [0.29, 0.717) is 25.8 Å². The van der Waals surface area contributed by atoms with Gasteiger partial charge < -0.3 is 10.4 Å². The highest BCUT2D eigenvalue weighted by molar-refractivity contribution is 5.89. The van der Waals surface area contributed by atoms with Crippen molar-refractivity contribution >= 4 is 17.7 Å². The molecule has 0 aliphatic carbocycles. The minimum atomic E-state index is -1.20. The SMILES string of the molecule is CCCCCCC(=O)C[C@H](NC(=O)CCCCN=[N+]=[N-])C(=O)O. The van der Waals surface area contributed by atoms with Crippen molar-refractivity contribution in [3.05, 3.63) is 10.4 Å². The number of unbranched alkanes of at least 4 members (excludes halogenated alkanes) is 4. The molecule has 0 rings (SSSR count). The predicted molar refractivity (Wildman–Crippen MR) is 85.8 cm³/mol. The summed E-state index contributed by atoms with van der Waals surface area (Å²) in [6, 6.07) is -1.17. The molecule has 8 nitrogen and oxygen atoms in total. The number of nitrogens with zero attached hydrogens (tertiary/aromatic N) is 3. The summed E-state index contributed by atoms with van der Waals surface area (Å²) in [6.45, 7) is 2.38. The fourth-order valence-electron chi connectivity index (χ4n) is 2.06. The van der Waals surface area contributed by atoms with Gasteiger partial charge in [0.15, 0.2) is 0 Å². The molecule has 0 saturated carbocycles. The minimum absolute atomic E-state index is 0.142. The van der Waals surface area contributed by atoms with Crippen molar-refractivity contribution < 1.29 is 19.5 Å². The van der Waals surface area contributed by atoms with Gasteiger partial charge in [0.05, 0.1) is 0 Å². The lowest BCUT2D eigenvalue weighted by Crippen LogP contribution is -2.42. The van der Waals surface area contributed by atoms with E-state index >= 15 is 0 Å². The van der Waals surface area contributed by atoms with E-state index < -0.39 is 17.9 Å². The van der Waals surface area contributed by atoms with Gasteiger partial charge >= 0.3 is 5.97 Å². The maximum atomic E-state index is 11.8.